The van der Waals surface area contributed by atoms with E-state index in [2.05, 4.69) is 4.98 Å². The van der Waals surface area contributed by atoms with Crippen LogP contribution in [0.3, 0.4) is 0 Å². The van der Waals surface area contributed by atoms with Gasteiger partial charge in [0.15, 0.2) is 0 Å². The van der Waals surface area contributed by atoms with Crippen LogP contribution < -0.4 is 0 Å². The Morgan fingerprint density at radius 2 is 1.00 bits per heavy atom. The number of carboxylic acid groups (broad SMARTS) is 1. The molecule has 1 N–H and O–H groups in total. The van der Waals surface area contributed by atoms with Gasteiger partial charge in [-0.15, -0.1) is 0 Å². The zero-order valence-electron chi connectivity index (χ0n) is 13.0. The summed E-state index contributed by atoms with van der Waals surface area (Å²) in [5, 5.41) is 10.8. The van der Waals surface area contributed by atoms with Crippen LogP contribution in [0.5, 0.6) is 0 Å². The fourth-order valence-corrected chi connectivity index (χ4v) is 3.55. The van der Waals surface area contributed by atoms with E-state index in [1.807, 2.05) is 0 Å². The third-order valence-electron chi connectivity index (χ3n) is 3.63. The summed E-state index contributed by atoms with van der Waals surface area (Å²) in [6.45, 7) is 0. The molecule has 0 spiro atoms. The SMILES string of the molecule is O=C(O)c1cc(-c2cc(Cl)c(Cl)c(Cl)c2)nc(-c2cc(Cl)c(Cl)c(Cl)c2)c1. The normalized spacial score (nSPS) is 10.9. The molecule has 3 rings (SSSR count). The summed E-state index contributed by atoms with van der Waals surface area (Å²) < 4.78 is 0. The fraction of sp³-hybridized carbons (Fsp3) is 0. The van der Waals surface area contributed by atoms with Crippen LogP contribution in [-0.4, -0.2) is 16.1 Å². The predicted octanol–water partition coefficient (Wildman–Crippen LogP) is 8.03. The van der Waals surface area contributed by atoms with Crippen molar-refractivity contribution in [2.75, 3.05) is 0 Å². The first kappa shape index (κ1) is 20.5. The van der Waals surface area contributed by atoms with Crippen molar-refractivity contribution in [1.82, 2.24) is 4.98 Å². The van der Waals surface area contributed by atoms with E-state index in [0.29, 0.717) is 22.5 Å². The van der Waals surface area contributed by atoms with E-state index in [0.717, 1.165) is 0 Å². The Balaban J connectivity index is 2.25. The summed E-state index contributed by atoms with van der Waals surface area (Å²) >= 11 is 36.3. The lowest BCUT2D eigenvalue weighted by Gasteiger charge is -2.10. The van der Waals surface area contributed by atoms with Crippen molar-refractivity contribution in [3.05, 3.63) is 72.1 Å². The fourth-order valence-electron chi connectivity index (χ4n) is 2.36. The number of carbonyl (C=O) groups is 1. The summed E-state index contributed by atoms with van der Waals surface area (Å²) in [6, 6.07) is 9.01. The molecule has 0 saturated carbocycles. The molecule has 1 aromatic heterocycles. The number of benzene rings is 2. The Kier molecular flexibility index (Phi) is 6.11. The van der Waals surface area contributed by atoms with E-state index < -0.39 is 5.97 Å². The Labute approximate surface area is 184 Å². The third-order valence-corrected chi connectivity index (χ3v) is 6.03. The van der Waals surface area contributed by atoms with Gasteiger partial charge in [0.1, 0.15) is 0 Å². The zero-order chi connectivity index (χ0) is 19.9. The van der Waals surface area contributed by atoms with Crippen LogP contribution in [0, 0.1) is 0 Å². The molecule has 0 atom stereocenters. The Hall–Kier alpha value is -1.20. The maximum absolute atomic E-state index is 11.6. The van der Waals surface area contributed by atoms with Crippen molar-refractivity contribution in [3.63, 3.8) is 0 Å². The molecule has 0 radical (unpaired) electrons. The minimum atomic E-state index is -1.13. The molecule has 0 saturated heterocycles. The van der Waals surface area contributed by atoms with Crippen molar-refractivity contribution >= 4 is 75.6 Å². The third kappa shape index (κ3) is 4.29. The number of hydrogen-bond donors (Lipinski definition) is 1. The van der Waals surface area contributed by atoms with Crippen molar-refractivity contribution in [2.24, 2.45) is 0 Å². The minimum Gasteiger partial charge on any atom is -0.478 e. The van der Waals surface area contributed by atoms with Gasteiger partial charge in [0.25, 0.3) is 0 Å². The van der Waals surface area contributed by atoms with Crippen LogP contribution in [0.25, 0.3) is 22.5 Å². The van der Waals surface area contributed by atoms with Crippen LogP contribution in [0.4, 0.5) is 0 Å². The number of aromatic carboxylic acids is 1. The van der Waals surface area contributed by atoms with Gasteiger partial charge < -0.3 is 5.11 Å². The summed E-state index contributed by atoms with van der Waals surface area (Å²) in [7, 11) is 0. The molecular formula is C18H7Cl6NO2. The molecule has 0 aliphatic carbocycles. The van der Waals surface area contributed by atoms with E-state index in [1.54, 1.807) is 24.3 Å². The van der Waals surface area contributed by atoms with Crippen LogP contribution in [0.2, 0.25) is 30.1 Å². The number of aromatic nitrogens is 1. The van der Waals surface area contributed by atoms with E-state index in [9.17, 15) is 9.90 Å². The van der Waals surface area contributed by atoms with Crippen molar-refractivity contribution < 1.29 is 9.90 Å². The highest BCUT2D eigenvalue weighted by Crippen LogP contribution is 2.37. The van der Waals surface area contributed by atoms with Gasteiger partial charge in [-0.1, -0.05) is 69.6 Å². The molecule has 0 unspecified atom stereocenters. The Morgan fingerprint density at radius 1 is 0.667 bits per heavy atom. The van der Waals surface area contributed by atoms with Crippen LogP contribution in [0.15, 0.2) is 36.4 Å². The summed E-state index contributed by atoms with van der Waals surface area (Å²) in [5.74, 6) is -1.13. The molecule has 0 bridgehead atoms. The first-order chi connectivity index (χ1) is 12.7. The van der Waals surface area contributed by atoms with E-state index in [-0.39, 0.29) is 35.7 Å². The molecule has 3 aromatic rings. The van der Waals surface area contributed by atoms with Gasteiger partial charge in [0.05, 0.1) is 47.1 Å². The maximum Gasteiger partial charge on any atom is 0.335 e. The largest absolute Gasteiger partial charge is 0.478 e. The highest BCUT2D eigenvalue weighted by Gasteiger charge is 2.15. The van der Waals surface area contributed by atoms with Crippen LogP contribution in [-0.2, 0) is 0 Å². The van der Waals surface area contributed by atoms with E-state index >= 15 is 0 Å². The van der Waals surface area contributed by atoms with Gasteiger partial charge in [0.2, 0.25) is 0 Å². The molecule has 9 heteroatoms. The number of hydrogen-bond acceptors (Lipinski definition) is 2. The van der Waals surface area contributed by atoms with Crippen molar-refractivity contribution in [3.8, 4) is 22.5 Å². The minimum absolute atomic E-state index is 0.0133. The predicted molar refractivity (Wildman–Crippen MR) is 112 cm³/mol. The lowest BCUT2D eigenvalue weighted by Crippen LogP contribution is -2.00. The summed E-state index contributed by atoms with van der Waals surface area (Å²) in [4.78, 5) is 16.1. The standard InChI is InChI=1S/C18H7Cl6NO2/c19-10-1-7(2-11(20)16(10)23)14-5-9(18(26)27)6-15(25-14)8-3-12(21)17(24)13(22)4-8/h1-6H,(H,26,27). The number of halogens is 6. The van der Waals surface area contributed by atoms with Crippen LogP contribution >= 0.6 is 69.6 Å². The average Bonchev–Trinajstić information content (AvgIpc) is 2.62. The topological polar surface area (TPSA) is 50.2 Å². The lowest BCUT2D eigenvalue weighted by atomic mass is 10.0. The number of nitrogens with zero attached hydrogens (tertiary/aromatic N) is 1. The first-order valence-electron chi connectivity index (χ1n) is 7.22. The molecule has 0 fully saturated rings. The highest BCUT2D eigenvalue weighted by atomic mass is 35.5. The number of carboxylic acids is 1. The van der Waals surface area contributed by atoms with Crippen molar-refractivity contribution in [1.29, 1.82) is 0 Å². The van der Waals surface area contributed by atoms with Crippen LogP contribution in [0.1, 0.15) is 10.4 Å². The molecule has 0 aliphatic rings. The van der Waals surface area contributed by atoms with Crippen molar-refractivity contribution in [2.45, 2.75) is 0 Å². The highest BCUT2D eigenvalue weighted by molar-refractivity contribution is 6.49. The Morgan fingerprint density at radius 3 is 1.30 bits per heavy atom. The van der Waals surface area contributed by atoms with E-state index in [1.165, 1.54) is 12.1 Å². The second-order valence-electron chi connectivity index (χ2n) is 5.44. The van der Waals surface area contributed by atoms with Gasteiger partial charge >= 0.3 is 5.97 Å². The molecule has 27 heavy (non-hydrogen) atoms. The van der Waals surface area contributed by atoms with Gasteiger partial charge in [-0.05, 0) is 36.4 Å². The zero-order valence-corrected chi connectivity index (χ0v) is 17.6. The number of pyridine rings is 1. The number of rotatable bonds is 3. The second-order valence-corrected chi connectivity index (χ2v) is 7.82. The molecule has 2 aromatic carbocycles. The molecular weight excluding hydrogens is 475 g/mol. The average molecular weight is 482 g/mol. The maximum atomic E-state index is 11.6. The second kappa shape index (κ2) is 8.04. The molecule has 0 amide bonds. The molecule has 0 aliphatic heterocycles. The Bertz CT molecular complexity index is 962. The van der Waals surface area contributed by atoms with Gasteiger partial charge in [-0.2, -0.15) is 0 Å². The lowest BCUT2D eigenvalue weighted by molar-refractivity contribution is 0.0697. The molecule has 138 valence electrons. The monoisotopic (exact) mass is 479 g/mol. The molecule has 1 heterocycles. The summed E-state index contributed by atoms with van der Waals surface area (Å²) in [6.07, 6.45) is 0. The van der Waals surface area contributed by atoms with Gasteiger partial charge in [-0.3, -0.25) is 0 Å². The van der Waals surface area contributed by atoms with Gasteiger partial charge in [-0.25, -0.2) is 9.78 Å². The quantitative estimate of drug-likeness (QED) is 0.385. The smallest absolute Gasteiger partial charge is 0.335 e. The summed E-state index contributed by atoms with van der Waals surface area (Å²) in [5.41, 5.74) is 1.70. The molecule has 3 nitrogen and oxygen atoms in total. The van der Waals surface area contributed by atoms with E-state index in [4.69, 9.17) is 69.6 Å². The van der Waals surface area contributed by atoms with Gasteiger partial charge in [0, 0.05) is 11.1 Å². The first-order valence-corrected chi connectivity index (χ1v) is 9.49.